The topological polar surface area (TPSA) is 80.9 Å². The van der Waals surface area contributed by atoms with E-state index in [2.05, 4.69) is 34.3 Å². The molecule has 194 valence electrons. The molecule has 0 bridgehead atoms. The zero-order chi connectivity index (χ0) is 24.7. The van der Waals surface area contributed by atoms with Crippen molar-refractivity contribution in [3.8, 4) is 0 Å². The van der Waals surface area contributed by atoms with Gasteiger partial charge >= 0.3 is 0 Å². The summed E-state index contributed by atoms with van der Waals surface area (Å²) in [6.45, 7) is 14.5. The first-order valence-corrected chi connectivity index (χ1v) is 14.2. The van der Waals surface area contributed by atoms with Crippen LogP contribution in [0.4, 0.5) is 0 Å². The molecule has 0 aromatic heterocycles. The van der Waals surface area contributed by atoms with Crippen LogP contribution in [0.25, 0.3) is 0 Å². The van der Waals surface area contributed by atoms with Crippen molar-refractivity contribution in [1.82, 2.24) is 0 Å². The van der Waals surface area contributed by atoms with Crippen molar-refractivity contribution < 1.29 is 20.4 Å². The van der Waals surface area contributed by atoms with E-state index in [1.165, 1.54) is 19.3 Å². The average molecular weight is 475 g/mol. The molecular formula is C30H50O4. The molecular weight excluding hydrogens is 424 g/mol. The van der Waals surface area contributed by atoms with Gasteiger partial charge in [0, 0.05) is 12.0 Å². The van der Waals surface area contributed by atoms with E-state index >= 15 is 0 Å². The van der Waals surface area contributed by atoms with Crippen LogP contribution in [0.3, 0.4) is 0 Å². The third kappa shape index (κ3) is 2.92. The minimum atomic E-state index is -0.407. The van der Waals surface area contributed by atoms with Crippen molar-refractivity contribution in [1.29, 1.82) is 0 Å². The van der Waals surface area contributed by atoms with Crippen LogP contribution < -0.4 is 0 Å². The molecule has 0 aromatic carbocycles. The number of aliphatic hydroxyl groups excluding tert-OH is 4. The molecule has 5 fully saturated rings. The molecule has 5 saturated carbocycles. The molecule has 4 N–H and O–H groups in total. The molecule has 5 rings (SSSR count). The summed E-state index contributed by atoms with van der Waals surface area (Å²) in [6.07, 6.45) is 10.5. The summed E-state index contributed by atoms with van der Waals surface area (Å²) in [4.78, 5) is 0. The zero-order valence-electron chi connectivity index (χ0n) is 22.2. The summed E-state index contributed by atoms with van der Waals surface area (Å²) >= 11 is 0. The van der Waals surface area contributed by atoms with Crippen LogP contribution in [-0.2, 0) is 0 Å². The summed E-state index contributed by atoms with van der Waals surface area (Å²) in [5.74, 6) is 2.27. The van der Waals surface area contributed by atoms with Gasteiger partial charge in [0.1, 0.15) is 0 Å². The molecule has 4 heteroatoms. The second kappa shape index (κ2) is 8.04. The Labute approximate surface area is 207 Å². The maximum absolute atomic E-state index is 10.9. The second-order valence-electron chi connectivity index (χ2n) is 14.4. The van der Waals surface area contributed by atoms with Gasteiger partial charge in [0.05, 0.1) is 19.3 Å². The Morgan fingerprint density at radius 2 is 1.50 bits per heavy atom. The van der Waals surface area contributed by atoms with Crippen LogP contribution >= 0.6 is 0 Å². The lowest BCUT2D eigenvalue weighted by Gasteiger charge is -2.73. The number of aliphatic hydroxyl groups is 4. The smallest absolute Gasteiger partial charge is 0.0641 e. The first kappa shape index (κ1) is 25.2. The van der Waals surface area contributed by atoms with Gasteiger partial charge in [-0.1, -0.05) is 34.3 Å². The van der Waals surface area contributed by atoms with Crippen LogP contribution in [0.15, 0.2) is 12.2 Å². The van der Waals surface area contributed by atoms with Crippen molar-refractivity contribution in [2.24, 2.45) is 56.7 Å². The van der Waals surface area contributed by atoms with Gasteiger partial charge in [0.15, 0.2) is 0 Å². The van der Waals surface area contributed by atoms with E-state index in [4.69, 9.17) is 0 Å². The molecule has 5 aliphatic rings. The molecule has 5 aliphatic carbocycles. The van der Waals surface area contributed by atoms with Crippen molar-refractivity contribution in [3.63, 3.8) is 0 Å². The van der Waals surface area contributed by atoms with Crippen molar-refractivity contribution >= 4 is 0 Å². The largest absolute Gasteiger partial charge is 0.396 e. The van der Waals surface area contributed by atoms with Crippen molar-refractivity contribution in [2.75, 3.05) is 19.8 Å². The van der Waals surface area contributed by atoms with E-state index in [0.717, 1.165) is 50.5 Å². The van der Waals surface area contributed by atoms with Crippen molar-refractivity contribution in [2.45, 2.75) is 98.0 Å². The minimum absolute atomic E-state index is 0.00165. The van der Waals surface area contributed by atoms with Gasteiger partial charge < -0.3 is 20.4 Å². The SMILES string of the molecule is C=C(CO)[C@@H]1CC[C@]2(CO)CC[C@]3(C)C(CCC4[C@@]5(C)CC[C@H](O)[C@@](C)(CO)[C@@H]5CC[C@]43C)C12. The summed E-state index contributed by atoms with van der Waals surface area (Å²) in [5.41, 5.74) is 1.15. The lowest BCUT2D eigenvalue weighted by atomic mass is 9.32. The van der Waals surface area contributed by atoms with Gasteiger partial charge in [-0.3, -0.25) is 0 Å². The molecule has 0 amide bonds. The lowest BCUT2D eigenvalue weighted by Crippen LogP contribution is -2.67. The fourth-order valence-corrected chi connectivity index (χ4v) is 11.6. The second-order valence-corrected chi connectivity index (χ2v) is 14.4. The van der Waals surface area contributed by atoms with Crippen LogP contribution in [0.1, 0.15) is 91.9 Å². The quantitative estimate of drug-likeness (QED) is 0.435. The molecule has 0 aromatic rings. The summed E-state index contributed by atoms with van der Waals surface area (Å²) < 4.78 is 0. The number of hydrogen-bond acceptors (Lipinski definition) is 4. The van der Waals surface area contributed by atoms with E-state index in [-0.39, 0.29) is 41.5 Å². The fourth-order valence-electron chi connectivity index (χ4n) is 11.6. The van der Waals surface area contributed by atoms with E-state index in [9.17, 15) is 20.4 Å². The highest BCUT2D eigenvalue weighted by Gasteiger charge is 2.71. The maximum Gasteiger partial charge on any atom is 0.0641 e. The monoisotopic (exact) mass is 474 g/mol. The third-order valence-corrected chi connectivity index (χ3v) is 13.8. The first-order valence-electron chi connectivity index (χ1n) is 14.2. The molecule has 11 atom stereocenters. The number of hydrogen-bond donors (Lipinski definition) is 4. The van der Waals surface area contributed by atoms with Gasteiger partial charge in [-0.2, -0.15) is 0 Å². The summed E-state index contributed by atoms with van der Waals surface area (Å²) in [6, 6.07) is 0. The molecule has 0 radical (unpaired) electrons. The maximum atomic E-state index is 10.9. The van der Waals surface area contributed by atoms with Crippen LogP contribution in [0, 0.1) is 56.7 Å². The number of rotatable bonds is 4. The van der Waals surface area contributed by atoms with Gasteiger partial charge in [-0.25, -0.2) is 0 Å². The Kier molecular flexibility index (Phi) is 5.97. The Hall–Kier alpha value is -0.420. The highest BCUT2D eigenvalue weighted by Crippen LogP contribution is 2.77. The highest BCUT2D eigenvalue weighted by molar-refractivity contribution is 5.22. The van der Waals surface area contributed by atoms with Gasteiger partial charge in [-0.05, 0) is 121 Å². The Bertz CT molecular complexity index is 827. The third-order valence-electron chi connectivity index (χ3n) is 13.8. The van der Waals surface area contributed by atoms with E-state index in [1.54, 1.807) is 0 Å². The molecule has 34 heavy (non-hydrogen) atoms. The number of fused-ring (bicyclic) bond motifs is 7. The Morgan fingerprint density at radius 3 is 2.15 bits per heavy atom. The molecule has 0 heterocycles. The minimum Gasteiger partial charge on any atom is -0.396 e. The normalized spacial score (nSPS) is 56.7. The zero-order valence-corrected chi connectivity index (χ0v) is 22.2. The molecule has 0 aliphatic heterocycles. The standard InChI is InChI=1S/C30H50O4/c1-19(16-31)20-8-13-30(18-33)15-14-28(4)21(25(20)30)6-7-23-26(2)11-10-24(34)27(3,17-32)22(26)9-12-29(23,28)5/h20-25,31-34H,1,6-18H2,2-5H3/t20-,21?,22+,23?,24-,25?,26-,27-,28+,29+,30+/m0/s1. The highest BCUT2D eigenvalue weighted by atomic mass is 16.3. The van der Waals surface area contributed by atoms with Crippen LogP contribution in [-0.4, -0.2) is 46.4 Å². The van der Waals surface area contributed by atoms with Crippen LogP contribution in [0.2, 0.25) is 0 Å². The Balaban J connectivity index is 1.54. The predicted octanol–water partition coefficient (Wildman–Crippen LogP) is 4.94. The van der Waals surface area contributed by atoms with E-state index < -0.39 is 11.5 Å². The van der Waals surface area contributed by atoms with Gasteiger partial charge in [0.2, 0.25) is 0 Å². The predicted molar refractivity (Wildman–Crippen MR) is 135 cm³/mol. The molecule has 4 nitrogen and oxygen atoms in total. The van der Waals surface area contributed by atoms with Gasteiger partial charge in [0.25, 0.3) is 0 Å². The lowest BCUT2D eigenvalue weighted by molar-refractivity contribution is -0.255. The summed E-state index contributed by atoms with van der Waals surface area (Å²) in [7, 11) is 0. The summed E-state index contributed by atoms with van der Waals surface area (Å²) in [5, 5.41) is 42.0. The molecule has 0 saturated heterocycles. The van der Waals surface area contributed by atoms with Crippen LogP contribution in [0.5, 0.6) is 0 Å². The van der Waals surface area contributed by atoms with Crippen molar-refractivity contribution in [3.05, 3.63) is 12.2 Å². The Morgan fingerprint density at radius 1 is 0.765 bits per heavy atom. The molecule has 0 spiro atoms. The van der Waals surface area contributed by atoms with E-state index in [1.807, 2.05) is 0 Å². The van der Waals surface area contributed by atoms with Gasteiger partial charge in [-0.15, -0.1) is 0 Å². The average Bonchev–Trinajstić information content (AvgIpc) is 3.22. The fraction of sp³-hybridized carbons (Fsp3) is 0.933. The first-order chi connectivity index (χ1) is 16.0. The van der Waals surface area contributed by atoms with E-state index in [0.29, 0.717) is 29.6 Å². The molecule has 3 unspecified atom stereocenters.